The molecule has 34 heavy (non-hydrogen) atoms. The molecule has 0 N–H and O–H groups in total. The summed E-state index contributed by atoms with van der Waals surface area (Å²) in [5.74, 6) is 2.36. The van der Waals surface area contributed by atoms with Gasteiger partial charge in [-0.3, -0.25) is 4.79 Å². The Kier molecular flexibility index (Phi) is 7.78. The third-order valence-corrected chi connectivity index (χ3v) is 6.69. The van der Waals surface area contributed by atoms with Crippen molar-refractivity contribution in [3.8, 4) is 23.0 Å². The molecule has 1 aliphatic carbocycles. The molecule has 182 valence electrons. The van der Waals surface area contributed by atoms with Gasteiger partial charge in [-0.25, -0.2) is 0 Å². The SMILES string of the molecule is COc1cc(C2=C(c3cc(C)c(OC)c(C)c3)C(O[Si]C(C)(C)C)CC2=O)cc(OC)c1OC. The highest BCUT2D eigenvalue weighted by molar-refractivity contribution is 6.35. The van der Waals surface area contributed by atoms with Crippen LogP contribution in [0, 0.1) is 13.8 Å². The van der Waals surface area contributed by atoms with Crippen molar-refractivity contribution >= 4 is 26.7 Å². The van der Waals surface area contributed by atoms with Crippen molar-refractivity contribution < 1.29 is 28.2 Å². The molecule has 1 aliphatic rings. The van der Waals surface area contributed by atoms with Crippen LogP contribution in [0.15, 0.2) is 24.3 Å². The number of Topliss-reactive ketones (excluding diaryl/α,β-unsaturated/α-hetero) is 1. The first-order chi connectivity index (χ1) is 16.0. The van der Waals surface area contributed by atoms with Crippen LogP contribution in [0.5, 0.6) is 23.0 Å². The lowest BCUT2D eigenvalue weighted by Crippen LogP contribution is -2.21. The number of ketones is 1. The molecule has 2 aromatic rings. The molecule has 0 heterocycles. The minimum Gasteiger partial charge on any atom is -0.496 e. The summed E-state index contributed by atoms with van der Waals surface area (Å²) < 4.78 is 28.5. The van der Waals surface area contributed by atoms with Gasteiger partial charge < -0.3 is 23.4 Å². The van der Waals surface area contributed by atoms with Crippen molar-refractivity contribution in [3.63, 3.8) is 0 Å². The quantitative estimate of drug-likeness (QED) is 0.467. The molecule has 6 nitrogen and oxygen atoms in total. The molecule has 0 aliphatic heterocycles. The fourth-order valence-electron chi connectivity index (χ4n) is 4.33. The van der Waals surface area contributed by atoms with E-state index in [0.717, 1.165) is 28.0 Å². The molecule has 3 rings (SSSR count). The lowest BCUT2D eigenvalue weighted by atomic mass is 9.93. The summed E-state index contributed by atoms with van der Waals surface area (Å²) in [6, 6.07) is 7.78. The zero-order chi connectivity index (χ0) is 25.2. The fourth-order valence-corrected chi connectivity index (χ4v) is 5.03. The van der Waals surface area contributed by atoms with Crippen LogP contribution in [0.25, 0.3) is 11.1 Å². The first kappa shape index (κ1) is 25.8. The molecule has 0 bridgehead atoms. The molecular weight excluding hydrogens is 448 g/mol. The van der Waals surface area contributed by atoms with Gasteiger partial charge in [-0.15, -0.1) is 0 Å². The molecule has 1 unspecified atom stereocenters. The van der Waals surface area contributed by atoms with Gasteiger partial charge in [-0.1, -0.05) is 20.8 Å². The highest BCUT2D eigenvalue weighted by atomic mass is 28.2. The predicted octanol–water partition coefficient (Wildman–Crippen LogP) is 5.44. The van der Waals surface area contributed by atoms with E-state index < -0.39 is 0 Å². The summed E-state index contributed by atoms with van der Waals surface area (Å²) in [5.41, 5.74) is 5.17. The second-order valence-electron chi connectivity index (χ2n) is 9.43. The molecule has 0 aromatic heterocycles. The van der Waals surface area contributed by atoms with E-state index in [9.17, 15) is 4.79 Å². The molecule has 7 heteroatoms. The van der Waals surface area contributed by atoms with Gasteiger partial charge in [0, 0.05) is 12.0 Å². The highest BCUT2D eigenvalue weighted by Crippen LogP contribution is 2.46. The number of carbonyl (C=O) groups excluding carboxylic acids is 1. The first-order valence-corrected chi connectivity index (χ1v) is 12.1. The number of ether oxygens (including phenoxy) is 4. The average molecular weight is 483 g/mol. The number of benzene rings is 2. The Morgan fingerprint density at radius 2 is 1.32 bits per heavy atom. The smallest absolute Gasteiger partial charge is 0.236 e. The third kappa shape index (κ3) is 5.15. The minimum absolute atomic E-state index is 0.00476. The Labute approximate surface area is 205 Å². The third-order valence-electron chi connectivity index (χ3n) is 5.68. The minimum atomic E-state index is -0.341. The maximum absolute atomic E-state index is 13.5. The second kappa shape index (κ2) is 10.2. The Morgan fingerprint density at radius 3 is 1.76 bits per heavy atom. The maximum atomic E-state index is 13.5. The van der Waals surface area contributed by atoms with Crippen LogP contribution in [-0.4, -0.2) is 50.1 Å². The Hall–Kier alpha value is -2.77. The van der Waals surface area contributed by atoms with Crippen molar-refractivity contribution in [1.29, 1.82) is 0 Å². The highest BCUT2D eigenvalue weighted by Gasteiger charge is 2.36. The summed E-state index contributed by atoms with van der Waals surface area (Å²) in [6.45, 7) is 10.4. The normalized spacial score (nSPS) is 16.1. The number of carbonyl (C=O) groups is 1. The number of methoxy groups -OCH3 is 4. The van der Waals surface area contributed by atoms with Crippen molar-refractivity contribution in [2.75, 3.05) is 28.4 Å². The average Bonchev–Trinajstić information content (AvgIpc) is 3.11. The Balaban J connectivity index is 2.28. The maximum Gasteiger partial charge on any atom is 0.236 e. The van der Waals surface area contributed by atoms with E-state index in [-0.39, 0.29) is 33.1 Å². The standard InChI is InChI=1S/C27H34O6Si/c1-15-10-17(11-16(2)25(15)31-8)24-20(33-34-27(3,4)5)14-19(28)23(24)18-12-21(29-6)26(32-9)22(13-18)30-7/h10-13,20H,14H2,1-9H3. The molecular formula is C27H34O6Si. The van der Waals surface area contributed by atoms with Crippen LogP contribution < -0.4 is 18.9 Å². The molecule has 0 saturated heterocycles. The van der Waals surface area contributed by atoms with E-state index in [1.165, 1.54) is 0 Å². The largest absolute Gasteiger partial charge is 0.496 e. The fraction of sp³-hybridized carbons (Fsp3) is 0.444. The molecule has 2 radical (unpaired) electrons. The van der Waals surface area contributed by atoms with Gasteiger partial charge in [0.2, 0.25) is 15.5 Å². The first-order valence-electron chi connectivity index (χ1n) is 11.2. The van der Waals surface area contributed by atoms with E-state index in [1.54, 1.807) is 28.4 Å². The van der Waals surface area contributed by atoms with Gasteiger partial charge in [0.15, 0.2) is 17.3 Å². The predicted molar refractivity (Wildman–Crippen MR) is 135 cm³/mol. The number of allylic oxidation sites excluding steroid dienone is 1. The van der Waals surface area contributed by atoms with Crippen molar-refractivity contribution in [3.05, 3.63) is 46.5 Å². The van der Waals surface area contributed by atoms with Crippen LogP contribution >= 0.6 is 0 Å². The zero-order valence-electron chi connectivity index (χ0n) is 21.5. The molecule has 0 fully saturated rings. The molecule has 0 saturated carbocycles. The number of hydrogen-bond acceptors (Lipinski definition) is 6. The molecule has 0 spiro atoms. The van der Waals surface area contributed by atoms with E-state index in [1.807, 2.05) is 26.0 Å². The number of aryl methyl sites for hydroxylation is 2. The second-order valence-corrected chi connectivity index (χ2v) is 11.4. The van der Waals surface area contributed by atoms with Crippen molar-refractivity contribution in [2.45, 2.75) is 52.2 Å². The molecule has 2 aromatic carbocycles. The van der Waals surface area contributed by atoms with Crippen LogP contribution in [0.4, 0.5) is 0 Å². The van der Waals surface area contributed by atoms with Gasteiger partial charge in [-0.2, -0.15) is 0 Å². The monoisotopic (exact) mass is 482 g/mol. The number of rotatable bonds is 8. The Morgan fingerprint density at radius 1 is 0.794 bits per heavy atom. The summed E-state index contributed by atoms with van der Waals surface area (Å²) >= 11 is 0. The summed E-state index contributed by atoms with van der Waals surface area (Å²) in [5, 5.41) is -0.00476. The topological polar surface area (TPSA) is 63.2 Å². The van der Waals surface area contributed by atoms with E-state index in [2.05, 4.69) is 32.9 Å². The van der Waals surface area contributed by atoms with Gasteiger partial charge in [0.25, 0.3) is 0 Å². The van der Waals surface area contributed by atoms with E-state index in [4.69, 9.17) is 23.4 Å². The molecule has 1 atom stereocenters. The Bertz CT molecular complexity index is 1060. The summed E-state index contributed by atoms with van der Waals surface area (Å²) in [7, 11) is 6.62. The number of hydrogen-bond donors (Lipinski definition) is 0. The lowest BCUT2D eigenvalue weighted by molar-refractivity contribution is -0.114. The van der Waals surface area contributed by atoms with Crippen LogP contribution in [-0.2, 0) is 9.22 Å². The summed E-state index contributed by atoms with van der Waals surface area (Å²) in [4.78, 5) is 13.5. The van der Waals surface area contributed by atoms with E-state index in [0.29, 0.717) is 28.4 Å². The van der Waals surface area contributed by atoms with E-state index >= 15 is 0 Å². The van der Waals surface area contributed by atoms with Crippen LogP contribution in [0.3, 0.4) is 0 Å². The van der Waals surface area contributed by atoms with Crippen molar-refractivity contribution in [1.82, 2.24) is 0 Å². The van der Waals surface area contributed by atoms with Gasteiger partial charge in [-0.05, 0) is 71.0 Å². The van der Waals surface area contributed by atoms with Crippen LogP contribution in [0.1, 0.15) is 49.4 Å². The van der Waals surface area contributed by atoms with Crippen molar-refractivity contribution in [2.24, 2.45) is 0 Å². The van der Waals surface area contributed by atoms with Crippen LogP contribution in [0.2, 0.25) is 5.04 Å². The van der Waals surface area contributed by atoms with Gasteiger partial charge in [0.05, 0.1) is 34.5 Å². The molecule has 0 amide bonds. The summed E-state index contributed by atoms with van der Waals surface area (Å²) in [6.07, 6.45) is -0.0551. The zero-order valence-corrected chi connectivity index (χ0v) is 22.5. The van der Waals surface area contributed by atoms with Gasteiger partial charge >= 0.3 is 0 Å². The lowest BCUT2D eigenvalue weighted by Gasteiger charge is -2.23. The van der Waals surface area contributed by atoms with Gasteiger partial charge in [0.1, 0.15) is 5.75 Å².